The highest BCUT2D eigenvalue weighted by atomic mass is 19.1. The third-order valence-corrected chi connectivity index (χ3v) is 4.62. The van der Waals surface area contributed by atoms with Crippen LogP contribution in [0.15, 0.2) is 54.9 Å². The van der Waals surface area contributed by atoms with Crippen LogP contribution in [0.25, 0.3) is 10.8 Å². The van der Waals surface area contributed by atoms with Crippen molar-refractivity contribution in [2.45, 2.75) is 13.0 Å². The molecule has 2 heterocycles. The Kier molecular flexibility index (Phi) is 3.77. The number of pyridine rings is 1. The first-order valence-electron chi connectivity index (χ1n) is 8.19. The number of carbonyl (C=O) groups is 1. The van der Waals surface area contributed by atoms with Gasteiger partial charge in [0.15, 0.2) is 0 Å². The number of halogens is 1. The molecular formula is C20H15FN4O. The number of amides is 2. The Hall–Kier alpha value is -3.46. The Morgan fingerprint density at radius 1 is 1.19 bits per heavy atom. The second-order valence-electron chi connectivity index (χ2n) is 6.22. The molecule has 5 nitrogen and oxygen atoms in total. The van der Waals surface area contributed by atoms with Gasteiger partial charge in [0.25, 0.3) is 0 Å². The number of anilines is 2. The first-order valence-corrected chi connectivity index (χ1v) is 8.19. The van der Waals surface area contributed by atoms with Crippen LogP contribution in [-0.2, 0) is 0 Å². The summed E-state index contributed by atoms with van der Waals surface area (Å²) in [5.74, 6) is -0.419. The van der Waals surface area contributed by atoms with Gasteiger partial charge in [0, 0.05) is 17.0 Å². The molecule has 4 rings (SSSR count). The zero-order chi connectivity index (χ0) is 18.3. The monoisotopic (exact) mass is 346 g/mol. The minimum Gasteiger partial charge on any atom is -0.290 e. The molecule has 6 heteroatoms. The number of aryl methyl sites for hydroxylation is 1. The highest BCUT2D eigenvalue weighted by molar-refractivity contribution is 6.11. The van der Waals surface area contributed by atoms with Crippen LogP contribution in [0, 0.1) is 24.1 Å². The van der Waals surface area contributed by atoms with E-state index >= 15 is 0 Å². The van der Waals surface area contributed by atoms with Crippen LogP contribution >= 0.6 is 0 Å². The summed E-state index contributed by atoms with van der Waals surface area (Å²) in [7, 11) is 0. The van der Waals surface area contributed by atoms with E-state index in [4.69, 9.17) is 0 Å². The van der Waals surface area contributed by atoms with Gasteiger partial charge in [-0.25, -0.2) is 9.18 Å². The predicted molar refractivity (Wildman–Crippen MR) is 97.5 cm³/mol. The second-order valence-corrected chi connectivity index (χ2v) is 6.22. The van der Waals surface area contributed by atoms with Crippen LogP contribution < -0.4 is 9.80 Å². The Balaban J connectivity index is 1.83. The van der Waals surface area contributed by atoms with Gasteiger partial charge in [0.1, 0.15) is 11.9 Å². The number of fused-ring (bicyclic) bond motifs is 1. The summed E-state index contributed by atoms with van der Waals surface area (Å²) in [5.41, 5.74) is 1.83. The lowest BCUT2D eigenvalue weighted by Gasteiger charge is -2.21. The SMILES string of the molecule is Cc1ccc(F)cc1N1C[C@@H](C#N)N(c2cncc3ccccc23)C1=O. The number of nitrogens with zero attached hydrogens (tertiary/aromatic N) is 4. The molecule has 0 N–H and O–H groups in total. The van der Waals surface area contributed by atoms with Crippen molar-refractivity contribution in [3.05, 3.63) is 66.2 Å². The highest BCUT2D eigenvalue weighted by Crippen LogP contribution is 2.34. The Morgan fingerprint density at radius 3 is 2.81 bits per heavy atom. The van der Waals surface area contributed by atoms with Crippen LogP contribution in [0.1, 0.15) is 5.56 Å². The van der Waals surface area contributed by atoms with Gasteiger partial charge in [-0.2, -0.15) is 5.26 Å². The summed E-state index contributed by atoms with van der Waals surface area (Å²) in [6, 6.07) is 13.0. The van der Waals surface area contributed by atoms with E-state index in [9.17, 15) is 14.4 Å². The molecule has 0 bridgehead atoms. The van der Waals surface area contributed by atoms with E-state index in [-0.39, 0.29) is 12.6 Å². The molecule has 0 aliphatic carbocycles. The Labute approximate surface area is 149 Å². The van der Waals surface area contributed by atoms with Gasteiger partial charge in [-0.1, -0.05) is 30.3 Å². The molecule has 0 saturated carbocycles. The van der Waals surface area contributed by atoms with Crippen LogP contribution in [-0.4, -0.2) is 23.6 Å². The van der Waals surface area contributed by atoms with Crippen molar-refractivity contribution < 1.29 is 9.18 Å². The number of aromatic nitrogens is 1. The molecular weight excluding hydrogens is 331 g/mol. The molecule has 2 aromatic carbocycles. The lowest BCUT2D eigenvalue weighted by Crippen LogP contribution is -2.34. The molecule has 1 fully saturated rings. The number of urea groups is 1. The number of nitriles is 1. The zero-order valence-electron chi connectivity index (χ0n) is 14.1. The first-order chi connectivity index (χ1) is 12.6. The van der Waals surface area contributed by atoms with Crippen molar-refractivity contribution in [1.29, 1.82) is 5.26 Å². The van der Waals surface area contributed by atoms with E-state index in [0.717, 1.165) is 16.3 Å². The van der Waals surface area contributed by atoms with E-state index < -0.39 is 11.9 Å². The van der Waals surface area contributed by atoms with Gasteiger partial charge in [-0.15, -0.1) is 0 Å². The van der Waals surface area contributed by atoms with Gasteiger partial charge < -0.3 is 0 Å². The number of hydrogen-bond acceptors (Lipinski definition) is 3. The third kappa shape index (κ3) is 2.45. The zero-order valence-corrected chi connectivity index (χ0v) is 14.1. The van der Waals surface area contributed by atoms with Gasteiger partial charge in [-0.3, -0.25) is 14.8 Å². The van der Waals surface area contributed by atoms with Crippen LogP contribution in [0.2, 0.25) is 0 Å². The van der Waals surface area contributed by atoms with Crippen LogP contribution in [0.4, 0.5) is 20.6 Å². The normalized spacial score (nSPS) is 17.0. The van der Waals surface area contributed by atoms with Crippen molar-refractivity contribution in [3.8, 4) is 6.07 Å². The number of carbonyl (C=O) groups excluding carboxylic acids is 1. The van der Waals surface area contributed by atoms with Crippen molar-refractivity contribution in [2.75, 3.05) is 16.3 Å². The second kappa shape index (κ2) is 6.12. The summed E-state index contributed by atoms with van der Waals surface area (Å²) < 4.78 is 13.7. The lowest BCUT2D eigenvalue weighted by atomic mass is 10.1. The molecule has 128 valence electrons. The highest BCUT2D eigenvalue weighted by Gasteiger charge is 2.40. The number of hydrogen-bond donors (Lipinski definition) is 0. The molecule has 1 atom stereocenters. The summed E-state index contributed by atoms with van der Waals surface area (Å²) in [6.07, 6.45) is 3.31. The van der Waals surface area contributed by atoms with Crippen molar-refractivity contribution in [2.24, 2.45) is 0 Å². The van der Waals surface area contributed by atoms with Gasteiger partial charge in [-0.05, 0) is 24.6 Å². The molecule has 26 heavy (non-hydrogen) atoms. The summed E-state index contributed by atoms with van der Waals surface area (Å²) in [6.45, 7) is 1.98. The predicted octanol–water partition coefficient (Wildman–Crippen LogP) is 4.02. The number of benzene rings is 2. The van der Waals surface area contributed by atoms with Gasteiger partial charge in [0.2, 0.25) is 0 Å². The van der Waals surface area contributed by atoms with Crippen LogP contribution in [0.5, 0.6) is 0 Å². The summed E-state index contributed by atoms with van der Waals surface area (Å²) >= 11 is 0. The molecule has 0 spiro atoms. The molecule has 0 radical (unpaired) electrons. The fraction of sp³-hybridized carbons (Fsp3) is 0.150. The fourth-order valence-corrected chi connectivity index (χ4v) is 3.33. The average molecular weight is 346 g/mol. The van der Waals surface area contributed by atoms with Crippen molar-refractivity contribution >= 4 is 28.2 Å². The van der Waals surface area contributed by atoms with E-state index in [1.165, 1.54) is 21.9 Å². The third-order valence-electron chi connectivity index (χ3n) is 4.62. The van der Waals surface area contributed by atoms with Gasteiger partial charge >= 0.3 is 6.03 Å². The maximum atomic E-state index is 13.7. The topological polar surface area (TPSA) is 60.2 Å². The average Bonchev–Trinajstić information content (AvgIpc) is 2.99. The largest absolute Gasteiger partial charge is 0.330 e. The minimum absolute atomic E-state index is 0.169. The molecule has 3 aromatic rings. The smallest absolute Gasteiger partial charge is 0.290 e. The van der Waals surface area contributed by atoms with Crippen molar-refractivity contribution in [3.63, 3.8) is 0 Å². The molecule has 1 aliphatic heterocycles. The lowest BCUT2D eigenvalue weighted by molar-refractivity contribution is 0.255. The minimum atomic E-state index is -0.683. The van der Waals surface area contributed by atoms with E-state index in [1.807, 2.05) is 31.2 Å². The molecule has 1 aliphatic rings. The molecule has 2 amide bonds. The Morgan fingerprint density at radius 2 is 2.00 bits per heavy atom. The van der Waals surface area contributed by atoms with Crippen LogP contribution in [0.3, 0.4) is 0 Å². The van der Waals surface area contributed by atoms with E-state index in [0.29, 0.717) is 11.4 Å². The quantitative estimate of drug-likeness (QED) is 0.704. The molecule has 1 aromatic heterocycles. The number of rotatable bonds is 2. The first kappa shape index (κ1) is 16.0. The standard InChI is InChI=1S/C20H15FN4O/c1-13-6-7-15(21)8-18(13)24-12-16(9-22)25(20(24)26)19-11-23-10-14-4-2-3-5-17(14)19/h2-8,10-11,16H,12H2,1H3/t16-/m1/s1. The maximum absolute atomic E-state index is 13.7. The maximum Gasteiger partial charge on any atom is 0.330 e. The molecule has 1 saturated heterocycles. The van der Waals surface area contributed by atoms with E-state index in [1.54, 1.807) is 18.5 Å². The molecule has 0 unspecified atom stereocenters. The Bertz CT molecular complexity index is 1050. The van der Waals surface area contributed by atoms with E-state index in [2.05, 4.69) is 11.1 Å². The van der Waals surface area contributed by atoms with Crippen molar-refractivity contribution in [1.82, 2.24) is 4.98 Å². The summed E-state index contributed by atoms with van der Waals surface area (Å²) in [4.78, 5) is 20.2. The van der Waals surface area contributed by atoms with Gasteiger partial charge in [0.05, 0.1) is 30.2 Å². The summed E-state index contributed by atoms with van der Waals surface area (Å²) in [5, 5.41) is 11.3. The fourth-order valence-electron chi connectivity index (χ4n) is 3.33.